The Hall–Kier alpha value is -2.70. The Morgan fingerprint density at radius 3 is 1.69 bits per heavy atom. The molecule has 1 atom stereocenters. The van der Waals surface area contributed by atoms with Gasteiger partial charge in [0.1, 0.15) is 0 Å². The third kappa shape index (κ3) is 3.54. The van der Waals surface area contributed by atoms with Crippen LogP contribution >= 0.6 is 0 Å². The van der Waals surface area contributed by atoms with Gasteiger partial charge >= 0.3 is 23.9 Å². The first-order valence-corrected chi connectivity index (χ1v) is 7.90. The number of halogens is 9. The van der Waals surface area contributed by atoms with Gasteiger partial charge in [-0.05, 0) is 42.7 Å². The van der Waals surface area contributed by atoms with Crippen LogP contribution in [-0.4, -0.2) is 18.3 Å². The number of aryl methyl sites for hydroxylation is 2. The summed E-state index contributed by atoms with van der Waals surface area (Å²) in [5.74, 6) is -6.76. The number of nitriles is 1. The van der Waals surface area contributed by atoms with E-state index in [1.165, 1.54) is 6.07 Å². The summed E-state index contributed by atoms with van der Waals surface area (Å²) >= 11 is 0. The van der Waals surface area contributed by atoms with Crippen LogP contribution in [0.3, 0.4) is 0 Å². The predicted octanol–water partition coefficient (Wildman–Crippen LogP) is 6.77. The van der Waals surface area contributed by atoms with E-state index in [1.54, 1.807) is 6.07 Å². The average Bonchev–Trinajstić information content (AvgIpc) is 2.58. The molecule has 0 aliphatic carbocycles. The molecule has 0 saturated carbocycles. The highest BCUT2D eigenvalue weighted by molar-refractivity contribution is 5.73. The first-order valence-electron chi connectivity index (χ1n) is 7.90. The van der Waals surface area contributed by atoms with Crippen LogP contribution in [0.15, 0.2) is 36.4 Å². The van der Waals surface area contributed by atoms with E-state index in [0.717, 1.165) is 38.1 Å². The van der Waals surface area contributed by atoms with E-state index in [0.29, 0.717) is 6.07 Å². The molecule has 1 nitrogen and oxygen atoms in total. The molecular weight excluding hydrogens is 413 g/mol. The number of hydrogen-bond donors (Lipinski definition) is 0. The van der Waals surface area contributed by atoms with Gasteiger partial charge in [0, 0.05) is 5.56 Å². The van der Waals surface area contributed by atoms with Gasteiger partial charge in [0.2, 0.25) is 0 Å². The van der Waals surface area contributed by atoms with Crippen LogP contribution in [0.4, 0.5) is 39.5 Å². The van der Waals surface area contributed by atoms with Crippen molar-refractivity contribution in [1.29, 1.82) is 5.26 Å². The van der Waals surface area contributed by atoms with Gasteiger partial charge in [-0.3, -0.25) is 0 Å². The molecule has 29 heavy (non-hydrogen) atoms. The van der Waals surface area contributed by atoms with Crippen LogP contribution in [0.1, 0.15) is 22.3 Å². The van der Waals surface area contributed by atoms with Crippen molar-refractivity contribution in [3.05, 3.63) is 58.7 Å². The van der Waals surface area contributed by atoms with Crippen LogP contribution in [-0.2, 0) is 5.67 Å². The molecule has 0 spiro atoms. The van der Waals surface area contributed by atoms with E-state index in [2.05, 4.69) is 0 Å². The highest BCUT2D eigenvalue weighted by Gasteiger charge is 2.82. The van der Waals surface area contributed by atoms with Crippen LogP contribution in [0.2, 0.25) is 0 Å². The second-order valence-electron chi connectivity index (χ2n) is 6.42. The Kier molecular flexibility index (Phi) is 5.43. The molecule has 0 radical (unpaired) electrons. The summed E-state index contributed by atoms with van der Waals surface area (Å²) < 4.78 is 122. The van der Waals surface area contributed by atoms with Crippen LogP contribution < -0.4 is 0 Å². The third-order valence-electron chi connectivity index (χ3n) is 4.33. The number of nitrogens with zero attached hydrogens (tertiary/aromatic N) is 1. The van der Waals surface area contributed by atoms with E-state index in [1.807, 2.05) is 0 Å². The predicted molar refractivity (Wildman–Crippen MR) is 85.9 cm³/mol. The fourth-order valence-electron chi connectivity index (χ4n) is 3.03. The Morgan fingerprint density at radius 1 is 0.759 bits per heavy atom. The third-order valence-corrected chi connectivity index (χ3v) is 4.33. The largest absolute Gasteiger partial charge is 0.457 e. The summed E-state index contributed by atoms with van der Waals surface area (Å²) in [4.78, 5) is 0. The lowest BCUT2D eigenvalue weighted by atomic mass is 9.80. The lowest BCUT2D eigenvalue weighted by Crippen LogP contribution is -2.60. The molecule has 2 aromatic rings. The summed E-state index contributed by atoms with van der Waals surface area (Å²) in [7, 11) is 0. The normalized spacial score (nSPS) is 15.0. The molecule has 0 aliphatic rings. The van der Waals surface area contributed by atoms with Crippen molar-refractivity contribution in [3.63, 3.8) is 0 Å². The monoisotopic (exact) mass is 425 g/mol. The van der Waals surface area contributed by atoms with Gasteiger partial charge in [-0.2, -0.15) is 40.4 Å². The van der Waals surface area contributed by atoms with E-state index < -0.39 is 35.1 Å². The minimum atomic E-state index is -6.81. The van der Waals surface area contributed by atoms with Gasteiger partial charge in [0.05, 0.1) is 11.6 Å². The average molecular weight is 425 g/mol. The van der Waals surface area contributed by atoms with Gasteiger partial charge in [0.25, 0.3) is 0 Å². The number of alkyl halides is 9. The van der Waals surface area contributed by atoms with Crippen LogP contribution in [0.5, 0.6) is 0 Å². The van der Waals surface area contributed by atoms with Gasteiger partial charge < -0.3 is 0 Å². The summed E-state index contributed by atoms with van der Waals surface area (Å²) in [6.07, 6.45) is -13.4. The maximum Gasteiger partial charge on any atom is 0.457 e. The fraction of sp³-hybridized carbons (Fsp3) is 0.316. The molecular formula is C19H12F9N. The molecule has 0 heterocycles. The standard InChI is InChI=1S/C19H12F9N/c1-10-7-11(2)15(13-5-3-12(9-29)4-6-13)14(8-10)16(20,18(23,24)25)17(21,22)19(26,27)28/h3-8H,1-2H3. The number of benzene rings is 2. The Bertz CT molecular complexity index is 950. The van der Waals surface area contributed by atoms with Gasteiger partial charge in [0.15, 0.2) is 0 Å². The van der Waals surface area contributed by atoms with Crippen molar-refractivity contribution < 1.29 is 39.5 Å². The lowest BCUT2D eigenvalue weighted by molar-refractivity contribution is -0.389. The number of rotatable bonds is 3. The minimum Gasteiger partial charge on any atom is -0.221 e. The second-order valence-corrected chi connectivity index (χ2v) is 6.42. The van der Waals surface area contributed by atoms with Crippen molar-refractivity contribution in [2.45, 2.75) is 37.8 Å². The summed E-state index contributed by atoms with van der Waals surface area (Å²) in [6.45, 7) is 2.30. The Labute approximate surface area is 159 Å². The SMILES string of the molecule is Cc1cc(C)c(-c2ccc(C#N)cc2)c(C(F)(C(F)(F)F)C(F)(F)C(F)(F)F)c1. The van der Waals surface area contributed by atoms with Crippen LogP contribution in [0, 0.1) is 25.2 Å². The van der Waals surface area contributed by atoms with E-state index in [-0.39, 0.29) is 22.3 Å². The smallest absolute Gasteiger partial charge is 0.221 e. The molecule has 2 rings (SSSR count). The summed E-state index contributed by atoms with van der Waals surface area (Å²) in [5, 5.41) is 8.79. The van der Waals surface area contributed by atoms with E-state index >= 15 is 4.39 Å². The number of hydrogen-bond acceptors (Lipinski definition) is 1. The van der Waals surface area contributed by atoms with Crippen molar-refractivity contribution in [2.24, 2.45) is 0 Å². The van der Waals surface area contributed by atoms with Crippen molar-refractivity contribution >= 4 is 0 Å². The maximum atomic E-state index is 15.1. The molecule has 0 amide bonds. The first-order chi connectivity index (χ1) is 13.1. The van der Waals surface area contributed by atoms with Crippen LogP contribution in [0.25, 0.3) is 11.1 Å². The van der Waals surface area contributed by atoms with Crippen molar-refractivity contribution in [3.8, 4) is 17.2 Å². The molecule has 156 valence electrons. The zero-order valence-electron chi connectivity index (χ0n) is 14.8. The molecule has 10 heteroatoms. The maximum absolute atomic E-state index is 15.1. The molecule has 0 aromatic heterocycles. The quantitative estimate of drug-likeness (QED) is 0.498. The molecule has 0 aliphatic heterocycles. The zero-order valence-corrected chi connectivity index (χ0v) is 14.8. The summed E-state index contributed by atoms with van der Waals surface area (Å²) in [5.41, 5.74) is -9.13. The second kappa shape index (κ2) is 6.97. The Balaban J connectivity index is 2.98. The lowest BCUT2D eigenvalue weighted by Gasteiger charge is -2.37. The summed E-state index contributed by atoms with van der Waals surface area (Å²) in [6, 6.07) is 7.59. The highest BCUT2D eigenvalue weighted by Crippen LogP contribution is 2.60. The molecule has 0 N–H and O–H groups in total. The Morgan fingerprint density at radius 2 is 1.28 bits per heavy atom. The van der Waals surface area contributed by atoms with Gasteiger partial charge in [-0.15, -0.1) is 0 Å². The fourth-order valence-corrected chi connectivity index (χ4v) is 3.03. The van der Waals surface area contributed by atoms with Crippen molar-refractivity contribution in [1.82, 2.24) is 0 Å². The minimum absolute atomic E-state index is 0.0584. The first kappa shape index (κ1) is 22.6. The molecule has 0 bridgehead atoms. The highest BCUT2D eigenvalue weighted by atomic mass is 19.4. The van der Waals surface area contributed by atoms with Gasteiger partial charge in [-0.1, -0.05) is 29.8 Å². The topological polar surface area (TPSA) is 23.8 Å². The van der Waals surface area contributed by atoms with Crippen molar-refractivity contribution in [2.75, 3.05) is 0 Å². The molecule has 1 unspecified atom stereocenters. The zero-order chi connectivity index (χ0) is 22.4. The van der Waals surface area contributed by atoms with E-state index in [9.17, 15) is 35.1 Å². The molecule has 2 aromatic carbocycles. The molecule has 0 saturated heterocycles. The molecule has 0 fully saturated rings. The van der Waals surface area contributed by atoms with E-state index in [4.69, 9.17) is 5.26 Å². The van der Waals surface area contributed by atoms with Gasteiger partial charge in [-0.25, -0.2) is 4.39 Å².